The van der Waals surface area contributed by atoms with Gasteiger partial charge in [-0.3, -0.25) is 4.79 Å². The van der Waals surface area contributed by atoms with Crippen molar-refractivity contribution in [3.05, 3.63) is 48.0 Å². The number of benzene rings is 2. The number of amides is 1. The van der Waals surface area contributed by atoms with Crippen LogP contribution in [-0.4, -0.2) is 44.7 Å². The number of para-hydroxylation sites is 1. The van der Waals surface area contributed by atoms with Crippen molar-refractivity contribution in [2.45, 2.75) is 19.8 Å². The number of carbonyl (C=O) groups excluding carboxylic acids is 1. The van der Waals surface area contributed by atoms with Gasteiger partial charge in [0.1, 0.15) is 6.54 Å². The van der Waals surface area contributed by atoms with Gasteiger partial charge in [0, 0.05) is 37.0 Å². The van der Waals surface area contributed by atoms with E-state index in [1.807, 2.05) is 48.2 Å². The lowest BCUT2D eigenvalue weighted by atomic mass is 10.2. The number of anilines is 2. The van der Waals surface area contributed by atoms with Gasteiger partial charge in [-0.05, 0) is 37.1 Å². The summed E-state index contributed by atoms with van der Waals surface area (Å²) in [5.41, 5.74) is 3.03. The van der Waals surface area contributed by atoms with E-state index in [1.165, 1.54) is 5.56 Å². The predicted molar refractivity (Wildman–Crippen MR) is 114 cm³/mol. The monoisotopic (exact) mass is 394 g/mol. The third kappa shape index (κ3) is 4.45. The molecule has 7 heteroatoms. The van der Waals surface area contributed by atoms with Gasteiger partial charge in [-0.15, -0.1) is 0 Å². The van der Waals surface area contributed by atoms with E-state index < -0.39 is 0 Å². The lowest BCUT2D eigenvalue weighted by Crippen LogP contribution is -2.34. The first-order valence-corrected chi connectivity index (χ1v) is 10.1. The second-order valence-corrected chi connectivity index (χ2v) is 6.96. The van der Waals surface area contributed by atoms with E-state index in [9.17, 15) is 4.79 Å². The zero-order valence-electron chi connectivity index (χ0n) is 16.6. The third-order valence-corrected chi connectivity index (χ3v) is 4.92. The molecule has 2 aromatic rings. The molecule has 0 spiro atoms. The van der Waals surface area contributed by atoms with Crippen molar-refractivity contribution in [1.82, 2.24) is 5.32 Å². The van der Waals surface area contributed by atoms with E-state index in [2.05, 4.69) is 21.7 Å². The van der Waals surface area contributed by atoms with Crippen LogP contribution in [0.4, 0.5) is 11.4 Å². The molecular weight excluding hydrogens is 368 g/mol. The van der Waals surface area contributed by atoms with Gasteiger partial charge in [0.2, 0.25) is 5.91 Å². The van der Waals surface area contributed by atoms with Crippen LogP contribution in [-0.2, 0) is 11.2 Å². The Morgan fingerprint density at radius 3 is 2.83 bits per heavy atom. The molecule has 29 heavy (non-hydrogen) atoms. The number of nitrogens with one attached hydrogen (secondary N) is 2. The first-order chi connectivity index (χ1) is 14.2. The first kappa shape index (κ1) is 19.1. The Kier molecular flexibility index (Phi) is 5.84. The summed E-state index contributed by atoms with van der Waals surface area (Å²) in [7, 11) is 0. The minimum absolute atomic E-state index is 0.00850. The molecule has 0 radical (unpaired) electrons. The SMILES string of the molecule is CCNC(=NCC(=O)N1CCc2ccccc21)Nc1ccc2c(c1)OCCCO2. The van der Waals surface area contributed by atoms with Gasteiger partial charge in [0.25, 0.3) is 0 Å². The van der Waals surface area contributed by atoms with Gasteiger partial charge in [0.05, 0.1) is 13.2 Å². The number of aliphatic imine (C=N–C) groups is 1. The molecule has 0 aliphatic carbocycles. The lowest BCUT2D eigenvalue weighted by Gasteiger charge is -2.17. The lowest BCUT2D eigenvalue weighted by molar-refractivity contribution is -0.117. The average Bonchev–Trinajstić information content (AvgIpc) is 3.03. The van der Waals surface area contributed by atoms with Crippen LogP contribution in [0.3, 0.4) is 0 Å². The molecule has 0 aromatic heterocycles. The molecular formula is C22H26N4O3. The van der Waals surface area contributed by atoms with Crippen LogP contribution >= 0.6 is 0 Å². The molecule has 1 amide bonds. The molecule has 2 aliphatic rings. The maximum Gasteiger partial charge on any atom is 0.248 e. The molecule has 2 N–H and O–H groups in total. The van der Waals surface area contributed by atoms with Crippen LogP contribution < -0.4 is 25.0 Å². The average molecular weight is 394 g/mol. The number of ether oxygens (including phenoxy) is 2. The molecule has 0 bridgehead atoms. The van der Waals surface area contributed by atoms with Crippen LogP contribution in [0.25, 0.3) is 0 Å². The summed E-state index contributed by atoms with van der Waals surface area (Å²) in [5.74, 6) is 2.01. The van der Waals surface area contributed by atoms with Crippen molar-refractivity contribution in [2.75, 3.05) is 43.1 Å². The largest absolute Gasteiger partial charge is 0.490 e. The molecule has 0 fully saturated rings. The van der Waals surface area contributed by atoms with Crippen LogP contribution in [0.1, 0.15) is 18.9 Å². The highest BCUT2D eigenvalue weighted by Crippen LogP contribution is 2.32. The summed E-state index contributed by atoms with van der Waals surface area (Å²) in [6.45, 7) is 4.76. The molecule has 7 nitrogen and oxygen atoms in total. The molecule has 4 rings (SSSR count). The summed E-state index contributed by atoms with van der Waals surface area (Å²) < 4.78 is 11.4. The summed E-state index contributed by atoms with van der Waals surface area (Å²) in [6.07, 6.45) is 1.75. The maximum atomic E-state index is 12.7. The molecule has 2 aliphatic heterocycles. The smallest absolute Gasteiger partial charge is 0.248 e. The Hall–Kier alpha value is -3.22. The van der Waals surface area contributed by atoms with Crippen molar-refractivity contribution < 1.29 is 14.3 Å². The molecule has 2 aromatic carbocycles. The number of rotatable bonds is 4. The summed E-state index contributed by atoms with van der Waals surface area (Å²) in [4.78, 5) is 19.0. The van der Waals surface area contributed by atoms with Crippen LogP contribution in [0.15, 0.2) is 47.5 Å². The van der Waals surface area contributed by atoms with Crippen LogP contribution in [0.2, 0.25) is 0 Å². The Balaban J connectivity index is 1.44. The van der Waals surface area contributed by atoms with E-state index >= 15 is 0 Å². The highest BCUT2D eigenvalue weighted by Gasteiger charge is 2.23. The number of nitrogens with zero attached hydrogens (tertiary/aromatic N) is 2. The van der Waals surface area contributed by atoms with Gasteiger partial charge in [0.15, 0.2) is 17.5 Å². The number of fused-ring (bicyclic) bond motifs is 2. The zero-order chi connectivity index (χ0) is 20.1. The number of guanidine groups is 1. The third-order valence-electron chi connectivity index (χ3n) is 4.92. The van der Waals surface area contributed by atoms with Crippen molar-refractivity contribution in [3.8, 4) is 11.5 Å². The Morgan fingerprint density at radius 1 is 1.14 bits per heavy atom. The standard InChI is InChI=1S/C22H26N4O3/c1-2-23-22(25-17-8-9-19-20(14-17)29-13-5-12-28-19)24-15-21(27)26-11-10-16-6-3-4-7-18(16)26/h3-4,6-9,14H,2,5,10-13,15H2,1H3,(H2,23,24,25). The summed E-state index contributed by atoms with van der Waals surface area (Å²) in [5, 5.41) is 6.43. The minimum Gasteiger partial charge on any atom is -0.490 e. The molecule has 0 saturated heterocycles. The fraction of sp³-hybridized carbons (Fsp3) is 0.364. The molecule has 2 heterocycles. The highest BCUT2D eigenvalue weighted by molar-refractivity contribution is 6.00. The van der Waals surface area contributed by atoms with Gasteiger partial charge in [-0.1, -0.05) is 18.2 Å². The fourth-order valence-electron chi connectivity index (χ4n) is 3.51. The fourth-order valence-corrected chi connectivity index (χ4v) is 3.51. The van der Waals surface area contributed by atoms with Crippen molar-refractivity contribution >= 4 is 23.2 Å². The van der Waals surface area contributed by atoms with Crippen molar-refractivity contribution in [2.24, 2.45) is 4.99 Å². The second-order valence-electron chi connectivity index (χ2n) is 6.96. The van der Waals surface area contributed by atoms with Gasteiger partial charge in [-0.2, -0.15) is 0 Å². The van der Waals surface area contributed by atoms with E-state index in [4.69, 9.17) is 9.47 Å². The zero-order valence-corrected chi connectivity index (χ0v) is 16.6. The molecule has 0 unspecified atom stereocenters. The minimum atomic E-state index is -0.00850. The normalized spacial score (nSPS) is 15.5. The Labute approximate surface area is 170 Å². The number of carbonyl (C=O) groups is 1. The highest BCUT2D eigenvalue weighted by atomic mass is 16.5. The molecule has 152 valence electrons. The van der Waals surface area contributed by atoms with E-state index in [1.54, 1.807) is 0 Å². The molecule has 0 saturated carbocycles. The van der Waals surface area contributed by atoms with Crippen LogP contribution in [0.5, 0.6) is 11.5 Å². The van der Waals surface area contributed by atoms with Crippen molar-refractivity contribution in [1.29, 1.82) is 0 Å². The van der Waals surface area contributed by atoms with Crippen molar-refractivity contribution in [3.63, 3.8) is 0 Å². The maximum absolute atomic E-state index is 12.7. The summed E-state index contributed by atoms with van der Waals surface area (Å²) >= 11 is 0. The topological polar surface area (TPSA) is 75.2 Å². The van der Waals surface area contributed by atoms with E-state index in [0.29, 0.717) is 38.0 Å². The van der Waals surface area contributed by atoms with Gasteiger partial charge < -0.3 is 25.0 Å². The Bertz CT molecular complexity index is 913. The van der Waals surface area contributed by atoms with E-state index in [-0.39, 0.29) is 12.5 Å². The van der Waals surface area contributed by atoms with E-state index in [0.717, 1.165) is 30.0 Å². The Morgan fingerprint density at radius 2 is 1.97 bits per heavy atom. The quantitative estimate of drug-likeness (QED) is 0.616. The second kappa shape index (κ2) is 8.86. The number of hydrogen-bond donors (Lipinski definition) is 2. The first-order valence-electron chi connectivity index (χ1n) is 10.1. The predicted octanol–water partition coefficient (Wildman–Crippen LogP) is 2.81. The van der Waals surface area contributed by atoms with Gasteiger partial charge in [-0.25, -0.2) is 4.99 Å². The summed E-state index contributed by atoms with van der Waals surface area (Å²) in [6, 6.07) is 13.7. The van der Waals surface area contributed by atoms with Gasteiger partial charge >= 0.3 is 0 Å². The molecule has 0 atom stereocenters. The number of hydrogen-bond acceptors (Lipinski definition) is 4. The van der Waals surface area contributed by atoms with Crippen LogP contribution in [0, 0.1) is 0 Å².